The summed E-state index contributed by atoms with van der Waals surface area (Å²) >= 11 is 0. The zero-order valence-electron chi connectivity index (χ0n) is 13.1. The van der Waals surface area contributed by atoms with Gasteiger partial charge in [-0.25, -0.2) is 0 Å². The highest BCUT2D eigenvalue weighted by atomic mass is 32.2. The fourth-order valence-electron chi connectivity index (χ4n) is 1.99. The summed E-state index contributed by atoms with van der Waals surface area (Å²) < 4.78 is 42.6. The second kappa shape index (κ2) is 7.29. The number of carbonyl (C=O) groups is 1. The van der Waals surface area contributed by atoms with Crippen LogP contribution in [0, 0.1) is 0 Å². The van der Waals surface area contributed by atoms with E-state index >= 15 is 0 Å². The molecule has 126 valence electrons. The topological polar surface area (TPSA) is 89.9 Å². The summed E-state index contributed by atoms with van der Waals surface area (Å²) in [7, 11) is -1.71. The van der Waals surface area contributed by atoms with Gasteiger partial charge in [0.05, 0.1) is 14.2 Å². The molecule has 1 N–H and O–H groups in total. The minimum absolute atomic E-state index is 0.119. The molecule has 0 heterocycles. The summed E-state index contributed by atoms with van der Waals surface area (Å²) in [5.74, 6) is 0.303. The summed E-state index contributed by atoms with van der Waals surface area (Å²) in [6.07, 6.45) is 1.11. The number of benzene rings is 2. The number of rotatable bonds is 6. The quantitative estimate of drug-likeness (QED) is 0.490. The average Bonchev–Trinajstić information content (AvgIpc) is 2.58. The molecule has 0 aliphatic carbocycles. The molecule has 0 saturated heterocycles. The summed E-state index contributed by atoms with van der Waals surface area (Å²) in [6, 6.07) is 12.3. The molecule has 0 radical (unpaired) electrons. The van der Waals surface area contributed by atoms with E-state index in [0.717, 1.165) is 6.08 Å². The highest BCUT2D eigenvalue weighted by Gasteiger charge is 2.24. The molecule has 0 aliphatic heterocycles. The van der Waals surface area contributed by atoms with Crippen molar-refractivity contribution in [1.82, 2.24) is 0 Å². The van der Waals surface area contributed by atoms with E-state index in [1.807, 2.05) is 0 Å². The zero-order valence-corrected chi connectivity index (χ0v) is 13.9. The van der Waals surface area contributed by atoms with Crippen molar-refractivity contribution in [3.05, 3.63) is 64.6 Å². The Morgan fingerprint density at radius 2 is 1.38 bits per heavy atom. The zero-order chi connectivity index (χ0) is 17.7. The van der Waals surface area contributed by atoms with Crippen LogP contribution in [0.1, 0.15) is 15.9 Å². The van der Waals surface area contributed by atoms with Crippen molar-refractivity contribution in [3.8, 4) is 11.5 Å². The first-order valence-electron chi connectivity index (χ1n) is 6.87. The third kappa shape index (κ3) is 4.21. The number of ether oxygens (including phenoxy) is 2. The van der Waals surface area contributed by atoms with Gasteiger partial charge in [0, 0.05) is 5.56 Å². The predicted octanol–water partition coefficient (Wildman–Crippen LogP) is 2.82. The summed E-state index contributed by atoms with van der Waals surface area (Å²) in [5, 5.41) is 0. The maximum Gasteiger partial charge on any atom is 0.298 e. The molecule has 0 atom stereocenters. The monoisotopic (exact) mass is 348 g/mol. The van der Waals surface area contributed by atoms with E-state index in [0.29, 0.717) is 17.1 Å². The highest BCUT2D eigenvalue weighted by Crippen LogP contribution is 2.21. The minimum atomic E-state index is -4.69. The van der Waals surface area contributed by atoms with Gasteiger partial charge < -0.3 is 9.47 Å². The van der Waals surface area contributed by atoms with E-state index < -0.39 is 20.8 Å². The fraction of sp³-hybridized carbons (Fsp3) is 0.118. The van der Waals surface area contributed by atoms with Crippen molar-refractivity contribution < 1.29 is 27.2 Å². The molecular weight excluding hydrogens is 332 g/mol. The van der Waals surface area contributed by atoms with Gasteiger partial charge in [-0.15, -0.1) is 0 Å². The van der Waals surface area contributed by atoms with Crippen LogP contribution >= 0.6 is 0 Å². The number of Topliss-reactive ketones (excluding diaryl/α,β-unsaturated/α-hetero) is 1. The molecule has 0 amide bonds. The molecule has 2 aromatic rings. The van der Waals surface area contributed by atoms with Crippen LogP contribution in [0.15, 0.2) is 53.4 Å². The van der Waals surface area contributed by atoms with E-state index in [1.54, 1.807) is 24.3 Å². The van der Waals surface area contributed by atoms with Crippen molar-refractivity contribution >= 4 is 22.0 Å². The lowest BCUT2D eigenvalue weighted by atomic mass is 10.1. The first-order chi connectivity index (χ1) is 11.3. The molecule has 0 unspecified atom stereocenters. The van der Waals surface area contributed by atoms with Crippen LogP contribution in [-0.4, -0.2) is 33.0 Å². The highest BCUT2D eigenvalue weighted by molar-refractivity contribution is 7.91. The van der Waals surface area contributed by atoms with Gasteiger partial charge in [-0.2, -0.15) is 8.42 Å². The molecule has 2 rings (SSSR count). The second-order valence-electron chi connectivity index (χ2n) is 4.81. The number of ketones is 1. The molecule has 0 aromatic heterocycles. The fourth-order valence-corrected chi connectivity index (χ4v) is 2.63. The molecule has 0 bridgehead atoms. The molecule has 0 saturated carbocycles. The van der Waals surface area contributed by atoms with E-state index in [1.165, 1.54) is 38.5 Å². The summed E-state index contributed by atoms with van der Waals surface area (Å²) in [5.41, 5.74) is 0.554. The number of methoxy groups -OCH3 is 2. The maximum atomic E-state index is 12.4. The van der Waals surface area contributed by atoms with E-state index in [4.69, 9.17) is 9.47 Å². The van der Waals surface area contributed by atoms with Crippen LogP contribution in [0.3, 0.4) is 0 Å². The van der Waals surface area contributed by atoms with Gasteiger partial charge in [0.15, 0.2) is 0 Å². The third-order valence-electron chi connectivity index (χ3n) is 3.27. The Hall–Kier alpha value is -2.64. The summed E-state index contributed by atoms with van der Waals surface area (Å²) in [4.78, 5) is 11.7. The van der Waals surface area contributed by atoms with Crippen LogP contribution in [0.5, 0.6) is 11.5 Å². The van der Waals surface area contributed by atoms with Crippen LogP contribution < -0.4 is 9.47 Å². The summed E-state index contributed by atoms with van der Waals surface area (Å²) in [6.45, 7) is 0. The Morgan fingerprint density at radius 3 is 1.79 bits per heavy atom. The number of hydrogen-bond acceptors (Lipinski definition) is 5. The molecule has 7 heteroatoms. The van der Waals surface area contributed by atoms with Gasteiger partial charge in [0.25, 0.3) is 10.1 Å². The Kier molecular flexibility index (Phi) is 5.38. The van der Waals surface area contributed by atoms with Crippen molar-refractivity contribution in [2.75, 3.05) is 14.2 Å². The van der Waals surface area contributed by atoms with Gasteiger partial charge in [0.2, 0.25) is 5.78 Å². The molecule has 6 nitrogen and oxygen atoms in total. The predicted molar refractivity (Wildman–Crippen MR) is 89.8 cm³/mol. The van der Waals surface area contributed by atoms with Crippen LogP contribution in [0.4, 0.5) is 0 Å². The van der Waals surface area contributed by atoms with Crippen LogP contribution in [0.25, 0.3) is 6.08 Å². The molecule has 2 aromatic carbocycles. The SMILES string of the molecule is COc1ccc(C=C(C(=O)c2ccc(OC)cc2)S(=O)(=O)O)cc1. The minimum Gasteiger partial charge on any atom is -0.497 e. The lowest BCUT2D eigenvalue weighted by molar-refractivity contribution is 0.104. The normalized spacial score (nSPS) is 11.9. The van der Waals surface area contributed by atoms with E-state index in [-0.39, 0.29) is 5.56 Å². The lowest BCUT2D eigenvalue weighted by Crippen LogP contribution is -2.13. The smallest absolute Gasteiger partial charge is 0.298 e. The Balaban J connectivity index is 2.43. The standard InChI is InChI=1S/C17H16O6S/c1-22-14-7-3-12(4-8-14)11-16(24(19,20)21)17(18)13-5-9-15(23-2)10-6-13/h3-11H,1-2H3,(H,19,20,21). The molecule has 0 fully saturated rings. The third-order valence-corrected chi connectivity index (χ3v) is 4.13. The van der Waals surface area contributed by atoms with Crippen molar-refractivity contribution in [3.63, 3.8) is 0 Å². The second-order valence-corrected chi connectivity index (χ2v) is 6.20. The first-order valence-corrected chi connectivity index (χ1v) is 8.31. The van der Waals surface area contributed by atoms with Gasteiger partial charge in [-0.3, -0.25) is 9.35 Å². The number of carbonyl (C=O) groups excluding carboxylic acids is 1. The van der Waals surface area contributed by atoms with Gasteiger partial charge in [-0.1, -0.05) is 12.1 Å². The molecular formula is C17H16O6S. The Morgan fingerprint density at radius 1 is 0.917 bits per heavy atom. The van der Waals surface area contributed by atoms with Gasteiger partial charge >= 0.3 is 0 Å². The molecule has 0 aliphatic rings. The van der Waals surface area contributed by atoms with Crippen molar-refractivity contribution in [2.24, 2.45) is 0 Å². The average molecular weight is 348 g/mol. The Bertz CT molecular complexity index is 849. The van der Waals surface area contributed by atoms with Crippen molar-refractivity contribution in [2.45, 2.75) is 0 Å². The van der Waals surface area contributed by atoms with Crippen LogP contribution in [0.2, 0.25) is 0 Å². The van der Waals surface area contributed by atoms with Gasteiger partial charge in [-0.05, 0) is 48.0 Å². The van der Waals surface area contributed by atoms with E-state index in [2.05, 4.69) is 0 Å². The Labute approximate surface area is 140 Å². The first kappa shape index (κ1) is 17.7. The van der Waals surface area contributed by atoms with E-state index in [9.17, 15) is 17.8 Å². The van der Waals surface area contributed by atoms with Crippen molar-refractivity contribution in [1.29, 1.82) is 0 Å². The lowest BCUT2D eigenvalue weighted by Gasteiger charge is -2.06. The molecule has 24 heavy (non-hydrogen) atoms. The maximum absolute atomic E-state index is 12.4. The van der Waals surface area contributed by atoms with Crippen LogP contribution in [-0.2, 0) is 10.1 Å². The number of allylic oxidation sites excluding steroid dienone is 1. The molecule has 0 spiro atoms. The number of hydrogen-bond donors (Lipinski definition) is 1. The van der Waals surface area contributed by atoms with Gasteiger partial charge in [0.1, 0.15) is 16.4 Å². The largest absolute Gasteiger partial charge is 0.497 e.